The second kappa shape index (κ2) is 6.67. The van der Waals surface area contributed by atoms with E-state index in [1.54, 1.807) is 13.0 Å². The van der Waals surface area contributed by atoms with Crippen molar-refractivity contribution in [3.05, 3.63) is 35.6 Å². The molecule has 21 heavy (non-hydrogen) atoms. The van der Waals surface area contributed by atoms with Crippen LogP contribution in [0.1, 0.15) is 22.5 Å². The van der Waals surface area contributed by atoms with Gasteiger partial charge in [0.05, 0.1) is 0 Å². The summed E-state index contributed by atoms with van der Waals surface area (Å²) >= 11 is 1.54. The fourth-order valence-electron chi connectivity index (χ4n) is 2.11. The topological polar surface area (TPSA) is 79.5 Å². The van der Waals surface area contributed by atoms with E-state index in [0.717, 1.165) is 10.9 Å². The molecule has 0 bridgehead atoms. The Morgan fingerprint density at radius 2 is 2.10 bits per heavy atom. The standard InChI is InChI=1S/C15H17NO4S/c1-9-10-5-3-4-6-12(10)20-13(9)14(17)16-11(15(18)19)7-8-21-2/h3-6,11H,7-8H2,1-2H3,(H,16,17)(H,18,19)/t11-/m1/s1. The number of thioether (sulfide) groups is 1. The van der Waals surface area contributed by atoms with Gasteiger partial charge in [0.15, 0.2) is 5.76 Å². The van der Waals surface area contributed by atoms with Gasteiger partial charge in [-0.1, -0.05) is 18.2 Å². The Balaban J connectivity index is 2.21. The third kappa shape index (κ3) is 3.39. The molecule has 0 aliphatic carbocycles. The van der Waals surface area contributed by atoms with Gasteiger partial charge in [0, 0.05) is 10.9 Å². The molecule has 1 amide bonds. The van der Waals surface area contributed by atoms with E-state index in [2.05, 4.69) is 5.32 Å². The first-order valence-corrected chi connectivity index (χ1v) is 7.94. The summed E-state index contributed by atoms with van der Waals surface area (Å²) in [4.78, 5) is 23.4. The second-order valence-corrected chi connectivity index (χ2v) is 5.68. The Kier molecular flexibility index (Phi) is 4.90. The first kappa shape index (κ1) is 15.4. The van der Waals surface area contributed by atoms with Crippen molar-refractivity contribution < 1.29 is 19.1 Å². The van der Waals surface area contributed by atoms with Crippen LogP contribution >= 0.6 is 11.8 Å². The molecule has 0 unspecified atom stereocenters. The average Bonchev–Trinajstić information content (AvgIpc) is 2.81. The smallest absolute Gasteiger partial charge is 0.326 e. The minimum Gasteiger partial charge on any atom is -0.480 e. The van der Waals surface area contributed by atoms with Gasteiger partial charge >= 0.3 is 5.97 Å². The lowest BCUT2D eigenvalue weighted by atomic mass is 10.1. The van der Waals surface area contributed by atoms with E-state index < -0.39 is 17.9 Å². The molecule has 0 fully saturated rings. The summed E-state index contributed by atoms with van der Waals surface area (Å²) in [5.74, 6) is -0.689. The summed E-state index contributed by atoms with van der Waals surface area (Å²) < 4.78 is 5.54. The summed E-state index contributed by atoms with van der Waals surface area (Å²) in [5.41, 5.74) is 1.34. The van der Waals surface area contributed by atoms with Gasteiger partial charge in [-0.05, 0) is 31.4 Å². The molecule has 0 aliphatic rings. The molecule has 5 nitrogen and oxygen atoms in total. The average molecular weight is 307 g/mol. The van der Waals surface area contributed by atoms with Crippen molar-refractivity contribution in [2.45, 2.75) is 19.4 Å². The van der Waals surface area contributed by atoms with Crippen molar-refractivity contribution in [3.63, 3.8) is 0 Å². The molecule has 112 valence electrons. The van der Waals surface area contributed by atoms with Crippen LogP contribution in [-0.2, 0) is 4.79 Å². The highest BCUT2D eigenvalue weighted by atomic mass is 32.2. The predicted molar refractivity (Wildman–Crippen MR) is 82.8 cm³/mol. The zero-order valence-electron chi connectivity index (χ0n) is 11.9. The van der Waals surface area contributed by atoms with Crippen LogP contribution in [-0.4, -0.2) is 35.0 Å². The van der Waals surface area contributed by atoms with E-state index in [-0.39, 0.29) is 5.76 Å². The zero-order chi connectivity index (χ0) is 15.4. The zero-order valence-corrected chi connectivity index (χ0v) is 12.7. The lowest BCUT2D eigenvalue weighted by Gasteiger charge is -2.13. The Morgan fingerprint density at radius 1 is 1.38 bits per heavy atom. The van der Waals surface area contributed by atoms with Crippen molar-refractivity contribution in [1.82, 2.24) is 5.32 Å². The van der Waals surface area contributed by atoms with Gasteiger partial charge < -0.3 is 14.8 Å². The summed E-state index contributed by atoms with van der Waals surface area (Å²) in [6.07, 6.45) is 2.27. The Bertz CT molecular complexity index is 665. The third-order valence-electron chi connectivity index (χ3n) is 3.26. The van der Waals surface area contributed by atoms with Gasteiger partial charge in [-0.25, -0.2) is 4.79 Å². The summed E-state index contributed by atoms with van der Waals surface area (Å²) in [6, 6.07) is 6.43. The van der Waals surface area contributed by atoms with E-state index in [4.69, 9.17) is 9.52 Å². The molecule has 0 spiro atoms. The molecular weight excluding hydrogens is 290 g/mol. The Morgan fingerprint density at radius 3 is 2.71 bits per heavy atom. The van der Waals surface area contributed by atoms with Crippen molar-refractivity contribution in [3.8, 4) is 0 Å². The molecular formula is C15H17NO4S. The molecule has 0 saturated heterocycles. The Hall–Kier alpha value is -1.95. The summed E-state index contributed by atoms with van der Waals surface area (Å²) in [7, 11) is 0. The maximum absolute atomic E-state index is 12.2. The normalized spacial score (nSPS) is 12.3. The van der Waals surface area contributed by atoms with E-state index in [1.807, 2.05) is 24.5 Å². The van der Waals surface area contributed by atoms with Gasteiger partial charge in [0.25, 0.3) is 5.91 Å². The predicted octanol–water partition coefficient (Wildman–Crippen LogP) is 2.68. The third-order valence-corrected chi connectivity index (χ3v) is 3.91. The number of rotatable bonds is 6. The van der Waals surface area contributed by atoms with Crippen molar-refractivity contribution >= 4 is 34.6 Å². The van der Waals surface area contributed by atoms with Crippen LogP contribution in [0.2, 0.25) is 0 Å². The van der Waals surface area contributed by atoms with Crippen molar-refractivity contribution in [2.24, 2.45) is 0 Å². The fraction of sp³-hybridized carbons (Fsp3) is 0.333. The molecule has 2 rings (SSSR count). The highest BCUT2D eigenvalue weighted by molar-refractivity contribution is 7.98. The van der Waals surface area contributed by atoms with Gasteiger partial charge in [-0.3, -0.25) is 4.79 Å². The number of amides is 1. The van der Waals surface area contributed by atoms with Crippen LogP contribution in [0, 0.1) is 6.92 Å². The number of aryl methyl sites for hydroxylation is 1. The highest BCUT2D eigenvalue weighted by Gasteiger charge is 2.24. The number of furan rings is 1. The van der Waals surface area contributed by atoms with Gasteiger partial charge in [-0.2, -0.15) is 11.8 Å². The number of carboxylic acids is 1. The van der Waals surface area contributed by atoms with E-state index >= 15 is 0 Å². The monoisotopic (exact) mass is 307 g/mol. The summed E-state index contributed by atoms with van der Waals surface area (Å²) in [6.45, 7) is 1.79. The lowest BCUT2D eigenvalue weighted by Crippen LogP contribution is -2.41. The van der Waals surface area contributed by atoms with Crippen LogP contribution in [0.5, 0.6) is 0 Å². The number of carbonyl (C=O) groups is 2. The maximum atomic E-state index is 12.2. The first-order valence-electron chi connectivity index (χ1n) is 6.55. The van der Waals surface area contributed by atoms with Crippen LogP contribution in [0.4, 0.5) is 0 Å². The molecule has 0 aliphatic heterocycles. The summed E-state index contributed by atoms with van der Waals surface area (Å²) in [5, 5.41) is 12.5. The minimum absolute atomic E-state index is 0.173. The number of benzene rings is 1. The number of nitrogens with one attached hydrogen (secondary N) is 1. The van der Waals surface area contributed by atoms with E-state index in [1.165, 1.54) is 11.8 Å². The molecule has 1 aromatic carbocycles. The molecule has 6 heteroatoms. The number of para-hydroxylation sites is 1. The highest BCUT2D eigenvalue weighted by Crippen LogP contribution is 2.24. The van der Waals surface area contributed by atoms with Crippen LogP contribution in [0.15, 0.2) is 28.7 Å². The second-order valence-electron chi connectivity index (χ2n) is 4.70. The van der Waals surface area contributed by atoms with E-state index in [9.17, 15) is 9.59 Å². The van der Waals surface area contributed by atoms with Crippen molar-refractivity contribution in [1.29, 1.82) is 0 Å². The van der Waals surface area contributed by atoms with Gasteiger partial charge in [-0.15, -0.1) is 0 Å². The molecule has 1 atom stereocenters. The van der Waals surface area contributed by atoms with Crippen molar-refractivity contribution in [2.75, 3.05) is 12.0 Å². The lowest BCUT2D eigenvalue weighted by molar-refractivity contribution is -0.139. The molecule has 0 saturated carbocycles. The van der Waals surface area contributed by atoms with Gasteiger partial charge in [0.2, 0.25) is 0 Å². The number of fused-ring (bicyclic) bond motifs is 1. The number of hydrogen-bond donors (Lipinski definition) is 2. The molecule has 2 aromatic rings. The van der Waals surface area contributed by atoms with Gasteiger partial charge in [0.1, 0.15) is 11.6 Å². The SMILES string of the molecule is CSCC[C@@H](NC(=O)c1oc2ccccc2c1C)C(=O)O. The molecule has 0 radical (unpaired) electrons. The fourth-order valence-corrected chi connectivity index (χ4v) is 2.58. The molecule has 2 N–H and O–H groups in total. The van der Waals surface area contributed by atoms with E-state index in [0.29, 0.717) is 17.8 Å². The maximum Gasteiger partial charge on any atom is 0.326 e. The van der Waals surface area contributed by atoms with Crippen LogP contribution < -0.4 is 5.32 Å². The quantitative estimate of drug-likeness (QED) is 0.857. The Labute approximate surface area is 126 Å². The largest absolute Gasteiger partial charge is 0.480 e. The number of carbonyl (C=O) groups excluding carboxylic acids is 1. The number of carboxylic acid groups (broad SMARTS) is 1. The number of hydrogen-bond acceptors (Lipinski definition) is 4. The minimum atomic E-state index is -1.04. The first-order chi connectivity index (χ1) is 10.0. The van der Waals surface area contributed by atoms with Crippen LogP contribution in [0.25, 0.3) is 11.0 Å². The van der Waals surface area contributed by atoms with Crippen LogP contribution in [0.3, 0.4) is 0 Å². The molecule has 1 heterocycles. The molecule has 1 aromatic heterocycles. The number of aliphatic carboxylic acids is 1.